The lowest BCUT2D eigenvalue weighted by Crippen LogP contribution is -2.23. The first-order chi connectivity index (χ1) is 12.8. The summed E-state index contributed by atoms with van der Waals surface area (Å²) < 4.78 is 10.1. The van der Waals surface area contributed by atoms with Gasteiger partial charge in [-0.2, -0.15) is 0 Å². The van der Waals surface area contributed by atoms with E-state index in [2.05, 4.69) is 19.2 Å². The minimum atomic E-state index is -0.720. The highest BCUT2D eigenvalue weighted by Crippen LogP contribution is 2.33. The summed E-state index contributed by atoms with van der Waals surface area (Å²) >= 11 is 17.6. The Balaban J connectivity index is 1.78. The summed E-state index contributed by atoms with van der Waals surface area (Å²) in [7, 11) is 0. The van der Waals surface area contributed by atoms with Crippen LogP contribution in [0.15, 0.2) is 36.4 Å². The third kappa shape index (κ3) is 6.61. The predicted molar refractivity (Wildman–Crippen MR) is 107 cm³/mol. The molecule has 27 heavy (non-hydrogen) atoms. The van der Waals surface area contributed by atoms with Crippen molar-refractivity contribution < 1.29 is 19.1 Å². The van der Waals surface area contributed by atoms with Crippen LogP contribution in [0.25, 0.3) is 0 Å². The number of carbonyl (C=O) groups excluding carboxylic acids is 2. The lowest BCUT2D eigenvalue weighted by atomic mass is 10.0. The van der Waals surface area contributed by atoms with Gasteiger partial charge in [0.25, 0.3) is 5.91 Å². The van der Waals surface area contributed by atoms with Crippen molar-refractivity contribution in [2.24, 2.45) is 0 Å². The van der Waals surface area contributed by atoms with E-state index in [1.54, 1.807) is 12.1 Å². The van der Waals surface area contributed by atoms with Gasteiger partial charge in [-0.05, 0) is 29.7 Å². The average molecular weight is 431 g/mol. The molecule has 2 aromatic rings. The molecular formula is C19H18Cl3NO4. The maximum absolute atomic E-state index is 11.9. The van der Waals surface area contributed by atoms with Crippen LogP contribution in [0, 0.1) is 0 Å². The highest BCUT2D eigenvalue weighted by Gasteiger charge is 2.12. The van der Waals surface area contributed by atoms with Gasteiger partial charge in [0.1, 0.15) is 5.75 Å². The van der Waals surface area contributed by atoms with Gasteiger partial charge >= 0.3 is 5.97 Å². The molecular weight excluding hydrogens is 413 g/mol. The number of benzene rings is 2. The van der Waals surface area contributed by atoms with Crippen LogP contribution in [-0.2, 0) is 14.3 Å². The predicted octanol–water partition coefficient (Wildman–Crippen LogP) is 5.33. The Hall–Kier alpha value is -1.95. The van der Waals surface area contributed by atoms with E-state index in [0.717, 1.165) is 5.56 Å². The summed E-state index contributed by atoms with van der Waals surface area (Å²) in [4.78, 5) is 23.6. The number of rotatable bonds is 7. The minimum absolute atomic E-state index is 0.192. The number of hydrogen-bond acceptors (Lipinski definition) is 4. The van der Waals surface area contributed by atoms with Crippen LogP contribution in [-0.4, -0.2) is 25.1 Å². The summed E-state index contributed by atoms with van der Waals surface area (Å²) in [5.41, 5.74) is 1.79. The third-order valence-electron chi connectivity index (χ3n) is 3.55. The Bertz CT molecular complexity index is 822. The van der Waals surface area contributed by atoms with Crippen LogP contribution >= 0.6 is 34.8 Å². The molecule has 1 N–H and O–H groups in total. The monoisotopic (exact) mass is 429 g/mol. The van der Waals surface area contributed by atoms with E-state index in [4.69, 9.17) is 44.3 Å². The molecule has 8 heteroatoms. The quantitative estimate of drug-likeness (QED) is 0.476. The van der Waals surface area contributed by atoms with Crippen LogP contribution in [0.1, 0.15) is 25.3 Å². The number of amides is 1. The molecule has 0 saturated carbocycles. The van der Waals surface area contributed by atoms with Crippen molar-refractivity contribution in [1.29, 1.82) is 0 Å². The van der Waals surface area contributed by atoms with Crippen LogP contribution < -0.4 is 10.1 Å². The number of ether oxygens (including phenoxy) is 2. The third-order valence-corrected chi connectivity index (χ3v) is 4.56. The Kier molecular flexibility index (Phi) is 7.78. The molecule has 2 rings (SSSR count). The van der Waals surface area contributed by atoms with Gasteiger partial charge in [-0.1, -0.05) is 60.8 Å². The van der Waals surface area contributed by atoms with Gasteiger partial charge in [0.05, 0.1) is 15.1 Å². The van der Waals surface area contributed by atoms with Gasteiger partial charge < -0.3 is 14.8 Å². The molecule has 0 aliphatic rings. The van der Waals surface area contributed by atoms with Gasteiger partial charge in [-0.3, -0.25) is 4.79 Å². The molecule has 144 valence electrons. The fourth-order valence-electron chi connectivity index (χ4n) is 2.09. The first kappa shape index (κ1) is 21.4. The summed E-state index contributed by atoms with van der Waals surface area (Å²) in [5.74, 6) is -0.576. The highest BCUT2D eigenvalue weighted by molar-refractivity contribution is 6.43. The standard InChI is InChI=1S/C19H18Cl3NO4/c1-11(2)12-3-5-13(6-4-12)23-18(24)9-27-19(25)10-26-17-8-15(21)14(20)7-16(17)22/h3-8,11H,9-10H2,1-2H3,(H,23,24). The molecule has 0 spiro atoms. The van der Waals surface area contributed by atoms with E-state index in [0.29, 0.717) is 11.6 Å². The summed E-state index contributed by atoms with van der Waals surface area (Å²) in [6.07, 6.45) is 0. The fraction of sp³-hybridized carbons (Fsp3) is 0.263. The molecule has 2 aromatic carbocycles. The lowest BCUT2D eigenvalue weighted by Gasteiger charge is -2.10. The van der Waals surface area contributed by atoms with Gasteiger partial charge in [-0.15, -0.1) is 0 Å². The second-order valence-electron chi connectivity index (χ2n) is 5.97. The van der Waals surface area contributed by atoms with Crippen LogP contribution in [0.3, 0.4) is 0 Å². The first-order valence-corrected chi connectivity index (χ1v) is 9.22. The van der Waals surface area contributed by atoms with E-state index in [1.165, 1.54) is 12.1 Å². The number of hydrogen-bond donors (Lipinski definition) is 1. The Morgan fingerprint density at radius 3 is 2.22 bits per heavy atom. The zero-order valence-electron chi connectivity index (χ0n) is 14.7. The Morgan fingerprint density at radius 2 is 1.59 bits per heavy atom. The summed E-state index contributed by atoms with van der Waals surface area (Å²) in [6.45, 7) is 3.32. The van der Waals surface area contributed by atoms with E-state index in [1.807, 2.05) is 12.1 Å². The SMILES string of the molecule is CC(C)c1ccc(NC(=O)COC(=O)COc2cc(Cl)c(Cl)cc2Cl)cc1. The molecule has 5 nitrogen and oxygen atoms in total. The van der Waals surface area contributed by atoms with E-state index in [-0.39, 0.29) is 20.8 Å². The van der Waals surface area contributed by atoms with Crippen molar-refractivity contribution in [3.8, 4) is 5.75 Å². The van der Waals surface area contributed by atoms with E-state index in [9.17, 15) is 9.59 Å². The van der Waals surface area contributed by atoms with Gasteiger partial charge in [-0.25, -0.2) is 4.79 Å². The minimum Gasteiger partial charge on any atom is -0.480 e. The second-order valence-corrected chi connectivity index (χ2v) is 7.19. The largest absolute Gasteiger partial charge is 0.480 e. The normalized spacial score (nSPS) is 10.6. The van der Waals surface area contributed by atoms with E-state index < -0.39 is 25.1 Å². The molecule has 0 saturated heterocycles. The average Bonchev–Trinajstić information content (AvgIpc) is 2.62. The number of halogens is 3. The van der Waals surface area contributed by atoms with Crippen molar-refractivity contribution in [2.75, 3.05) is 18.5 Å². The second kappa shape index (κ2) is 9.83. The van der Waals surface area contributed by atoms with Crippen molar-refractivity contribution in [3.05, 3.63) is 57.0 Å². The molecule has 0 heterocycles. The summed E-state index contributed by atoms with van der Waals surface area (Å²) in [6, 6.07) is 10.3. The van der Waals surface area contributed by atoms with Crippen LogP contribution in [0.5, 0.6) is 5.75 Å². The zero-order chi connectivity index (χ0) is 20.0. The number of nitrogens with one attached hydrogen (secondary N) is 1. The molecule has 1 amide bonds. The van der Waals surface area contributed by atoms with Crippen molar-refractivity contribution >= 4 is 52.4 Å². The first-order valence-electron chi connectivity index (χ1n) is 8.09. The van der Waals surface area contributed by atoms with Crippen molar-refractivity contribution in [1.82, 2.24) is 0 Å². The van der Waals surface area contributed by atoms with Gasteiger partial charge in [0.2, 0.25) is 0 Å². The molecule has 0 unspecified atom stereocenters. The Labute approximate surface area is 172 Å². The zero-order valence-corrected chi connectivity index (χ0v) is 17.0. The van der Waals surface area contributed by atoms with Crippen molar-refractivity contribution in [3.63, 3.8) is 0 Å². The molecule has 0 aliphatic heterocycles. The molecule has 0 aromatic heterocycles. The smallest absolute Gasteiger partial charge is 0.344 e. The van der Waals surface area contributed by atoms with Crippen LogP contribution in [0.4, 0.5) is 5.69 Å². The molecule has 0 bridgehead atoms. The number of carbonyl (C=O) groups is 2. The topological polar surface area (TPSA) is 64.6 Å². The molecule has 0 atom stereocenters. The fourth-order valence-corrected chi connectivity index (χ4v) is 2.68. The van der Waals surface area contributed by atoms with E-state index >= 15 is 0 Å². The molecule has 0 fully saturated rings. The van der Waals surface area contributed by atoms with Gasteiger partial charge in [0, 0.05) is 11.8 Å². The van der Waals surface area contributed by atoms with Crippen molar-refractivity contribution in [2.45, 2.75) is 19.8 Å². The summed E-state index contributed by atoms with van der Waals surface area (Å²) in [5, 5.41) is 3.37. The Morgan fingerprint density at radius 1 is 0.963 bits per heavy atom. The molecule has 0 radical (unpaired) electrons. The number of esters is 1. The van der Waals surface area contributed by atoms with Crippen LogP contribution in [0.2, 0.25) is 15.1 Å². The highest BCUT2D eigenvalue weighted by atomic mass is 35.5. The van der Waals surface area contributed by atoms with Gasteiger partial charge in [0.15, 0.2) is 13.2 Å². The molecule has 0 aliphatic carbocycles. The number of anilines is 1. The maximum Gasteiger partial charge on any atom is 0.344 e. The lowest BCUT2D eigenvalue weighted by molar-refractivity contribution is -0.149. The maximum atomic E-state index is 11.9.